The van der Waals surface area contributed by atoms with Crippen LogP contribution in [0.4, 0.5) is 9.59 Å². The highest BCUT2D eigenvalue weighted by molar-refractivity contribution is 5.78. The largest absolute Gasteiger partial charge is 0.497 e. The van der Waals surface area contributed by atoms with E-state index in [1.165, 1.54) is 0 Å². The Morgan fingerprint density at radius 1 is 0.556 bits per heavy atom. The van der Waals surface area contributed by atoms with Gasteiger partial charge in [-0.1, -0.05) is 84.9 Å². The molecule has 0 radical (unpaired) electrons. The van der Waals surface area contributed by atoms with Crippen LogP contribution in [0.25, 0.3) is 0 Å². The summed E-state index contributed by atoms with van der Waals surface area (Å²) in [5.41, 5.74) is 2.32. The fraction of sp³-hybridized carbons (Fsp3) is 0.409. The monoisotopic (exact) mass is 732 g/mol. The number of carbonyl (C=O) groups is 2. The van der Waals surface area contributed by atoms with E-state index in [0.717, 1.165) is 46.6 Å². The summed E-state index contributed by atoms with van der Waals surface area (Å²) >= 11 is 0. The second-order valence-corrected chi connectivity index (χ2v) is 15.3. The van der Waals surface area contributed by atoms with Crippen LogP contribution in [-0.2, 0) is 24.3 Å². The summed E-state index contributed by atoms with van der Waals surface area (Å²) in [4.78, 5) is 33.3. The van der Waals surface area contributed by atoms with Crippen molar-refractivity contribution in [2.75, 3.05) is 28.3 Å². The lowest BCUT2D eigenvalue weighted by atomic mass is 9.75. The van der Waals surface area contributed by atoms with Crippen LogP contribution in [0.1, 0.15) is 60.8 Å². The van der Waals surface area contributed by atoms with Gasteiger partial charge in [0.05, 0.1) is 49.6 Å². The molecule has 6 atom stereocenters. The van der Waals surface area contributed by atoms with E-state index in [2.05, 4.69) is 0 Å². The van der Waals surface area contributed by atoms with Gasteiger partial charge in [-0.25, -0.2) is 9.59 Å². The lowest BCUT2D eigenvalue weighted by molar-refractivity contribution is -0.0326. The van der Waals surface area contributed by atoms with Crippen LogP contribution >= 0.6 is 0 Å². The molecule has 4 amide bonds. The maximum absolute atomic E-state index is 12.9. The zero-order valence-corrected chi connectivity index (χ0v) is 31.7. The van der Waals surface area contributed by atoms with Gasteiger partial charge in [0.15, 0.2) is 0 Å². The number of benzene rings is 4. The first kappa shape index (κ1) is 37.3. The number of hydrogen-bond donors (Lipinski definition) is 2. The van der Waals surface area contributed by atoms with Crippen molar-refractivity contribution in [3.63, 3.8) is 0 Å². The summed E-state index contributed by atoms with van der Waals surface area (Å²) < 4.78 is 10.4. The zero-order valence-electron chi connectivity index (χ0n) is 31.7. The number of fused-ring (bicyclic) bond motifs is 2. The Bertz CT molecular complexity index is 1760. The molecule has 2 aliphatic heterocycles. The molecule has 2 heterocycles. The van der Waals surface area contributed by atoms with Gasteiger partial charge in [0.1, 0.15) is 11.5 Å². The van der Waals surface area contributed by atoms with Gasteiger partial charge in [0, 0.05) is 40.0 Å². The van der Waals surface area contributed by atoms with Gasteiger partial charge in [0.2, 0.25) is 0 Å². The lowest BCUT2D eigenvalue weighted by Gasteiger charge is -2.41. The summed E-state index contributed by atoms with van der Waals surface area (Å²) in [7, 11) is 7.00. The van der Waals surface area contributed by atoms with Gasteiger partial charge in [-0.2, -0.15) is 0 Å². The first-order valence-corrected chi connectivity index (χ1v) is 18.9. The van der Waals surface area contributed by atoms with E-state index in [-0.39, 0.29) is 36.2 Å². The second-order valence-electron chi connectivity index (χ2n) is 15.3. The lowest BCUT2D eigenvalue weighted by Crippen LogP contribution is -2.47. The Morgan fingerprint density at radius 2 is 0.907 bits per heavy atom. The summed E-state index contributed by atoms with van der Waals surface area (Å²) in [6.45, 7) is 1.16. The fourth-order valence-corrected chi connectivity index (χ4v) is 9.06. The third-order valence-electron chi connectivity index (χ3n) is 12.2. The van der Waals surface area contributed by atoms with E-state index < -0.39 is 11.2 Å². The molecule has 10 nitrogen and oxygen atoms in total. The predicted octanol–water partition coefficient (Wildman–Crippen LogP) is 6.74. The maximum Gasteiger partial charge on any atom is 0.320 e. The molecular weight excluding hydrogens is 681 g/mol. The minimum atomic E-state index is -0.868. The molecule has 4 aliphatic rings. The number of urea groups is 2. The fourth-order valence-electron chi connectivity index (χ4n) is 9.06. The van der Waals surface area contributed by atoms with Crippen molar-refractivity contribution in [1.82, 2.24) is 19.6 Å². The molecule has 4 aromatic carbocycles. The normalized spacial score (nSPS) is 27.6. The van der Waals surface area contributed by atoms with E-state index in [9.17, 15) is 19.8 Å². The predicted molar refractivity (Wildman–Crippen MR) is 207 cm³/mol. The zero-order chi connectivity index (χ0) is 38.0. The molecule has 10 heteroatoms. The third-order valence-corrected chi connectivity index (χ3v) is 12.2. The van der Waals surface area contributed by atoms with Gasteiger partial charge < -0.3 is 39.3 Å². The molecule has 0 spiro atoms. The molecule has 4 fully saturated rings. The van der Waals surface area contributed by atoms with Gasteiger partial charge >= 0.3 is 12.1 Å². The number of likely N-dealkylation sites (N-methyl/N-ethyl adjacent to an activating group) is 2. The van der Waals surface area contributed by atoms with E-state index in [0.29, 0.717) is 38.8 Å². The molecule has 4 aromatic rings. The highest BCUT2D eigenvalue weighted by Gasteiger charge is 2.52. The van der Waals surface area contributed by atoms with Crippen LogP contribution in [0, 0.1) is 0 Å². The first-order chi connectivity index (χ1) is 26.0. The topological polar surface area (TPSA) is 106 Å². The van der Waals surface area contributed by atoms with Crippen LogP contribution in [0.2, 0.25) is 0 Å². The highest BCUT2D eigenvalue weighted by atomic mass is 16.5. The number of ether oxygens (including phenoxy) is 2. The van der Waals surface area contributed by atoms with Crippen LogP contribution in [0.5, 0.6) is 11.5 Å². The van der Waals surface area contributed by atoms with Gasteiger partial charge in [-0.15, -0.1) is 0 Å². The number of aliphatic hydroxyl groups is 2. The minimum Gasteiger partial charge on any atom is -0.497 e. The van der Waals surface area contributed by atoms with Crippen LogP contribution in [0.3, 0.4) is 0 Å². The van der Waals surface area contributed by atoms with Crippen LogP contribution < -0.4 is 9.47 Å². The van der Waals surface area contributed by atoms with Crippen molar-refractivity contribution in [1.29, 1.82) is 0 Å². The number of rotatable bonds is 8. The molecule has 8 rings (SSSR count). The molecule has 2 saturated carbocycles. The molecule has 284 valence electrons. The Hall–Kier alpha value is -5.06. The first-order valence-electron chi connectivity index (χ1n) is 18.9. The average molecular weight is 733 g/mol. The van der Waals surface area contributed by atoms with E-state index >= 15 is 0 Å². The number of hydrogen-bond acceptors (Lipinski definition) is 6. The molecule has 54 heavy (non-hydrogen) atoms. The van der Waals surface area contributed by atoms with Crippen molar-refractivity contribution < 1.29 is 29.3 Å². The molecular formula is C44H52N4O6. The Kier molecular flexibility index (Phi) is 10.6. The Balaban J connectivity index is 0.000000167. The van der Waals surface area contributed by atoms with E-state index in [1.807, 2.05) is 133 Å². The molecule has 0 aromatic heterocycles. The molecule has 2 unspecified atom stereocenters. The smallest absolute Gasteiger partial charge is 0.320 e. The van der Waals surface area contributed by atoms with Crippen LogP contribution in [0.15, 0.2) is 109 Å². The second kappa shape index (κ2) is 15.4. The summed E-state index contributed by atoms with van der Waals surface area (Å²) in [6.07, 6.45) is 4.06. The number of methoxy groups -OCH3 is 2. The summed E-state index contributed by atoms with van der Waals surface area (Å²) in [6, 6.07) is 35.8. The Labute approximate surface area is 318 Å². The number of carbonyl (C=O) groups excluding carboxylic acids is 2. The summed E-state index contributed by atoms with van der Waals surface area (Å²) in [5.74, 6) is 1.62. The molecule has 2 aliphatic carbocycles. The average Bonchev–Trinajstić information content (AvgIpc) is 3.58. The Morgan fingerprint density at radius 3 is 1.24 bits per heavy atom. The van der Waals surface area contributed by atoms with Gasteiger partial charge in [-0.05, 0) is 72.2 Å². The SMILES string of the molecule is COc1ccc(CN2C(=O)N(C)[C@@H]3CC(O)(c4ccccc4)CC[C@H]32)cc1.COc1ccc(CN2C(=O)N(C)[C@H]3CC(O)(c4ccccc4)CC[C@@H]32)cc1. The highest BCUT2D eigenvalue weighted by Crippen LogP contribution is 2.45. The minimum absolute atomic E-state index is 0.0229. The van der Waals surface area contributed by atoms with Crippen molar-refractivity contribution in [3.05, 3.63) is 131 Å². The van der Waals surface area contributed by atoms with Crippen molar-refractivity contribution in [2.45, 2.75) is 87.0 Å². The van der Waals surface area contributed by atoms with Crippen molar-refractivity contribution in [3.8, 4) is 11.5 Å². The van der Waals surface area contributed by atoms with Crippen molar-refractivity contribution >= 4 is 12.1 Å². The van der Waals surface area contributed by atoms with Gasteiger partial charge in [0.25, 0.3) is 0 Å². The third kappa shape index (κ3) is 7.24. The standard InChI is InChI=1S/2C22H26N2O3/c2*1-23-20-14-22(26,17-6-4-3-5-7-17)13-12-19(20)24(21(23)25)15-16-8-10-18(27-2)11-9-16/h2*3-11,19-20,26H,12-15H2,1-2H3/t2*19-,20-,22?/m10/s1. The quantitative estimate of drug-likeness (QED) is 0.208. The molecule has 2 saturated heterocycles. The van der Waals surface area contributed by atoms with E-state index in [4.69, 9.17) is 9.47 Å². The molecule has 2 N–H and O–H groups in total. The number of amides is 4. The van der Waals surface area contributed by atoms with Gasteiger partial charge in [-0.3, -0.25) is 0 Å². The molecule has 0 bridgehead atoms. The van der Waals surface area contributed by atoms with Crippen LogP contribution in [-0.4, -0.2) is 94.4 Å². The van der Waals surface area contributed by atoms with E-state index in [1.54, 1.807) is 24.0 Å². The maximum atomic E-state index is 12.9. The number of nitrogens with zero attached hydrogens (tertiary/aromatic N) is 4. The van der Waals surface area contributed by atoms with Crippen molar-refractivity contribution in [2.24, 2.45) is 0 Å². The summed E-state index contributed by atoms with van der Waals surface area (Å²) in [5, 5.41) is 22.5.